The van der Waals surface area contributed by atoms with Crippen molar-refractivity contribution in [2.24, 2.45) is 0 Å². The highest BCUT2D eigenvalue weighted by molar-refractivity contribution is 6.31. The average Bonchev–Trinajstić information content (AvgIpc) is 2.75. The summed E-state index contributed by atoms with van der Waals surface area (Å²) >= 11 is 6.00. The lowest BCUT2D eigenvalue weighted by molar-refractivity contribution is 0.0963. The maximum atomic E-state index is 12.8. The van der Waals surface area contributed by atoms with E-state index in [9.17, 15) is 14.4 Å². The van der Waals surface area contributed by atoms with E-state index in [0.717, 1.165) is 16.9 Å². The molecule has 1 aliphatic rings. The zero-order valence-corrected chi connectivity index (χ0v) is 17.9. The monoisotopic (exact) mass is 436 g/mol. The van der Waals surface area contributed by atoms with Gasteiger partial charge in [0.2, 0.25) is 0 Å². The van der Waals surface area contributed by atoms with Gasteiger partial charge in [-0.15, -0.1) is 0 Å². The van der Waals surface area contributed by atoms with E-state index in [1.807, 2.05) is 31.2 Å². The number of rotatable bonds is 4. The van der Waals surface area contributed by atoms with Crippen LogP contribution in [-0.4, -0.2) is 23.8 Å². The maximum Gasteiger partial charge on any atom is 0.261 e. The quantitative estimate of drug-likeness (QED) is 0.629. The number of Topliss-reactive ketones (excluding diaryl/α,β-unsaturated/α-hetero) is 1. The normalized spacial score (nSPS) is 15.3. The minimum atomic E-state index is -0.584. The number of aromatic amines is 1. The number of nitrogens with one attached hydrogen (secondary N) is 2. The standard InChI is InChI=1S/C24H21ClN2O4/c1-13-3-6-16(25)11-20(13)26-23(29)19-12-18-21(27-24(19)30)9-15(10-22(18)28)14-4-7-17(31-2)8-5-14/h3-8,11-12,15H,9-10H2,1-2H3,(H,26,29)(H,27,30)/t15-/m1/s1. The zero-order chi connectivity index (χ0) is 22.1. The molecule has 1 aromatic heterocycles. The number of aryl methyl sites for hydroxylation is 1. The Bertz CT molecular complexity index is 1230. The third-order valence-electron chi connectivity index (χ3n) is 5.59. The molecule has 1 aliphatic carbocycles. The molecule has 1 atom stereocenters. The van der Waals surface area contributed by atoms with Crippen molar-refractivity contribution in [1.29, 1.82) is 0 Å². The molecule has 1 amide bonds. The van der Waals surface area contributed by atoms with Gasteiger partial charge in [0.25, 0.3) is 11.5 Å². The Morgan fingerprint density at radius 2 is 1.84 bits per heavy atom. The Hall–Kier alpha value is -3.38. The molecule has 3 aromatic rings. The molecule has 0 saturated carbocycles. The number of aromatic nitrogens is 1. The number of halogens is 1. The van der Waals surface area contributed by atoms with Crippen molar-refractivity contribution in [3.8, 4) is 5.75 Å². The molecule has 2 N–H and O–H groups in total. The van der Waals surface area contributed by atoms with E-state index in [4.69, 9.17) is 16.3 Å². The summed E-state index contributed by atoms with van der Waals surface area (Å²) in [4.78, 5) is 41.0. The Morgan fingerprint density at radius 1 is 1.10 bits per heavy atom. The topological polar surface area (TPSA) is 88.3 Å². The zero-order valence-electron chi connectivity index (χ0n) is 17.1. The minimum absolute atomic E-state index is 0.0460. The Balaban J connectivity index is 1.61. The smallest absolute Gasteiger partial charge is 0.261 e. The maximum absolute atomic E-state index is 12.8. The molecular weight excluding hydrogens is 416 g/mol. The number of pyridine rings is 1. The fraction of sp³-hybridized carbons (Fsp3) is 0.208. The lowest BCUT2D eigenvalue weighted by Crippen LogP contribution is -2.29. The van der Waals surface area contributed by atoms with Crippen LogP contribution in [0.1, 0.15) is 49.9 Å². The number of ether oxygens (including phenoxy) is 1. The first-order chi connectivity index (χ1) is 14.9. The Morgan fingerprint density at radius 3 is 2.55 bits per heavy atom. The van der Waals surface area contributed by atoms with Crippen molar-refractivity contribution in [2.45, 2.75) is 25.7 Å². The van der Waals surface area contributed by atoms with Crippen LogP contribution in [0.3, 0.4) is 0 Å². The van der Waals surface area contributed by atoms with E-state index >= 15 is 0 Å². The van der Waals surface area contributed by atoms with Crippen LogP contribution in [0.5, 0.6) is 5.75 Å². The van der Waals surface area contributed by atoms with Crippen LogP contribution in [0, 0.1) is 6.92 Å². The molecule has 0 saturated heterocycles. The summed E-state index contributed by atoms with van der Waals surface area (Å²) in [6.45, 7) is 1.83. The third-order valence-corrected chi connectivity index (χ3v) is 5.82. The van der Waals surface area contributed by atoms with Crippen molar-refractivity contribution < 1.29 is 14.3 Å². The van der Waals surface area contributed by atoms with Gasteiger partial charge in [0.15, 0.2) is 5.78 Å². The molecule has 0 bridgehead atoms. The average molecular weight is 437 g/mol. The van der Waals surface area contributed by atoms with Crippen molar-refractivity contribution >= 4 is 29.0 Å². The fourth-order valence-corrected chi connectivity index (χ4v) is 4.00. The van der Waals surface area contributed by atoms with Crippen molar-refractivity contribution in [3.05, 3.63) is 91.9 Å². The molecule has 1 heterocycles. The molecule has 31 heavy (non-hydrogen) atoms. The largest absolute Gasteiger partial charge is 0.497 e. The van der Waals surface area contributed by atoms with Gasteiger partial charge in [-0.05, 0) is 60.7 Å². The van der Waals surface area contributed by atoms with E-state index in [2.05, 4.69) is 10.3 Å². The van der Waals surface area contributed by atoms with Gasteiger partial charge < -0.3 is 15.0 Å². The second-order valence-corrected chi connectivity index (χ2v) is 8.06. The molecule has 7 heteroatoms. The van der Waals surface area contributed by atoms with E-state index in [-0.39, 0.29) is 17.3 Å². The number of benzene rings is 2. The predicted molar refractivity (Wildman–Crippen MR) is 120 cm³/mol. The molecule has 4 rings (SSSR count). The number of anilines is 1. The molecule has 0 spiro atoms. The number of fused-ring (bicyclic) bond motifs is 1. The third kappa shape index (κ3) is 4.25. The highest BCUT2D eigenvalue weighted by Crippen LogP contribution is 2.32. The summed E-state index contributed by atoms with van der Waals surface area (Å²) in [5.41, 5.74) is 2.63. The van der Waals surface area contributed by atoms with Gasteiger partial charge in [-0.3, -0.25) is 14.4 Å². The molecule has 0 radical (unpaired) electrons. The van der Waals surface area contributed by atoms with Crippen molar-refractivity contribution in [2.75, 3.05) is 12.4 Å². The highest BCUT2D eigenvalue weighted by atomic mass is 35.5. The summed E-state index contributed by atoms with van der Waals surface area (Å²) < 4.78 is 5.18. The fourth-order valence-electron chi connectivity index (χ4n) is 3.83. The van der Waals surface area contributed by atoms with Gasteiger partial charge in [-0.1, -0.05) is 29.8 Å². The lowest BCUT2D eigenvalue weighted by Gasteiger charge is -2.24. The first-order valence-corrected chi connectivity index (χ1v) is 10.2. The Labute approximate surface area is 184 Å². The van der Waals surface area contributed by atoms with Crippen LogP contribution >= 0.6 is 11.6 Å². The molecular formula is C24H21ClN2O4. The molecule has 0 aliphatic heterocycles. The van der Waals surface area contributed by atoms with Gasteiger partial charge in [-0.25, -0.2) is 0 Å². The number of H-pyrrole nitrogens is 1. The van der Waals surface area contributed by atoms with Gasteiger partial charge in [0.05, 0.1) is 7.11 Å². The van der Waals surface area contributed by atoms with Gasteiger partial charge in [-0.2, -0.15) is 0 Å². The van der Waals surface area contributed by atoms with Crippen LogP contribution in [0.15, 0.2) is 53.3 Å². The van der Waals surface area contributed by atoms with Crippen molar-refractivity contribution in [1.82, 2.24) is 4.98 Å². The number of carbonyl (C=O) groups excluding carboxylic acids is 2. The van der Waals surface area contributed by atoms with Gasteiger partial charge in [0, 0.05) is 28.4 Å². The van der Waals surface area contributed by atoms with Crippen LogP contribution in [0.4, 0.5) is 5.69 Å². The first kappa shape index (κ1) is 20.9. The molecule has 2 aromatic carbocycles. The van der Waals surface area contributed by atoms with Crippen molar-refractivity contribution in [3.63, 3.8) is 0 Å². The predicted octanol–water partition coefficient (Wildman–Crippen LogP) is 4.51. The number of ketones is 1. The number of carbonyl (C=O) groups is 2. The number of methoxy groups -OCH3 is 1. The van der Waals surface area contributed by atoms with Crippen LogP contribution < -0.4 is 15.6 Å². The number of amides is 1. The van der Waals surface area contributed by atoms with Gasteiger partial charge in [0.1, 0.15) is 11.3 Å². The minimum Gasteiger partial charge on any atom is -0.497 e. The second kappa shape index (κ2) is 8.40. The van der Waals surface area contributed by atoms with Crippen LogP contribution in [0.25, 0.3) is 0 Å². The summed E-state index contributed by atoms with van der Waals surface area (Å²) in [5, 5.41) is 3.18. The highest BCUT2D eigenvalue weighted by Gasteiger charge is 2.29. The number of hydrogen-bond acceptors (Lipinski definition) is 4. The second-order valence-electron chi connectivity index (χ2n) is 7.62. The first-order valence-electron chi connectivity index (χ1n) is 9.86. The van der Waals surface area contributed by atoms with Gasteiger partial charge >= 0.3 is 0 Å². The summed E-state index contributed by atoms with van der Waals surface area (Å²) in [6.07, 6.45) is 0.817. The SMILES string of the molecule is COc1ccc([C@H]2CC(=O)c3cc(C(=O)Nc4cc(Cl)ccc4C)c(=O)[nH]c3C2)cc1. The van der Waals surface area contributed by atoms with E-state index < -0.39 is 11.5 Å². The molecule has 0 unspecified atom stereocenters. The van der Waals surface area contributed by atoms with E-state index in [0.29, 0.717) is 34.8 Å². The summed E-state index contributed by atoms with van der Waals surface area (Å²) in [5.74, 6) is 0.00595. The Kier molecular flexibility index (Phi) is 5.65. The lowest BCUT2D eigenvalue weighted by atomic mass is 9.81. The molecule has 0 fully saturated rings. The number of hydrogen-bond donors (Lipinski definition) is 2. The summed E-state index contributed by atoms with van der Waals surface area (Å²) in [6, 6.07) is 14.1. The van der Waals surface area contributed by atoms with Crippen LogP contribution in [0.2, 0.25) is 5.02 Å². The van der Waals surface area contributed by atoms with E-state index in [1.165, 1.54) is 6.07 Å². The van der Waals surface area contributed by atoms with E-state index in [1.54, 1.807) is 25.3 Å². The molecule has 158 valence electrons. The van der Waals surface area contributed by atoms with Crippen LogP contribution in [-0.2, 0) is 6.42 Å². The molecule has 6 nitrogen and oxygen atoms in total. The summed E-state index contributed by atoms with van der Waals surface area (Å²) in [7, 11) is 1.60.